The zero-order valence-electron chi connectivity index (χ0n) is 11.2. The highest BCUT2D eigenvalue weighted by Gasteiger charge is 2.17. The van der Waals surface area contributed by atoms with E-state index in [0.717, 1.165) is 11.3 Å². The van der Waals surface area contributed by atoms with Gasteiger partial charge in [0.25, 0.3) is 0 Å². The molecular formula is C14H18N2O2. The summed E-state index contributed by atoms with van der Waals surface area (Å²) in [5.41, 5.74) is 9.29. The predicted octanol–water partition coefficient (Wildman–Crippen LogP) is 3.36. The molecule has 0 saturated heterocycles. The van der Waals surface area contributed by atoms with Crippen LogP contribution in [0.3, 0.4) is 0 Å². The van der Waals surface area contributed by atoms with Crippen molar-refractivity contribution in [1.82, 2.24) is 5.16 Å². The van der Waals surface area contributed by atoms with Crippen molar-refractivity contribution in [3.8, 4) is 17.1 Å². The van der Waals surface area contributed by atoms with Crippen LogP contribution in [-0.4, -0.2) is 12.3 Å². The molecule has 0 bridgehead atoms. The van der Waals surface area contributed by atoms with E-state index in [1.165, 1.54) is 5.56 Å². The van der Waals surface area contributed by atoms with Gasteiger partial charge in [0.1, 0.15) is 17.1 Å². The molecule has 2 aromatic rings. The monoisotopic (exact) mass is 246 g/mol. The van der Waals surface area contributed by atoms with E-state index in [1.54, 1.807) is 7.11 Å². The molecule has 4 heteroatoms. The zero-order valence-corrected chi connectivity index (χ0v) is 11.2. The van der Waals surface area contributed by atoms with Crippen molar-refractivity contribution >= 4 is 5.69 Å². The van der Waals surface area contributed by atoms with Crippen LogP contribution in [0.5, 0.6) is 5.75 Å². The molecule has 0 atom stereocenters. The number of benzene rings is 1. The van der Waals surface area contributed by atoms with Gasteiger partial charge >= 0.3 is 0 Å². The molecule has 0 spiro atoms. The van der Waals surface area contributed by atoms with Crippen LogP contribution in [0.4, 0.5) is 5.69 Å². The Bertz CT molecular complexity index is 559. The van der Waals surface area contributed by atoms with E-state index in [0.29, 0.717) is 23.1 Å². The summed E-state index contributed by atoms with van der Waals surface area (Å²) in [7, 11) is 1.63. The number of methoxy groups -OCH3 is 1. The average Bonchev–Trinajstić information content (AvgIpc) is 2.69. The van der Waals surface area contributed by atoms with Crippen LogP contribution in [0.1, 0.15) is 31.0 Å². The fourth-order valence-corrected chi connectivity index (χ4v) is 1.83. The summed E-state index contributed by atoms with van der Waals surface area (Å²) in [5.74, 6) is 1.74. The van der Waals surface area contributed by atoms with E-state index < -0.39 is 0 Å². The molecule has 18 heavy (non-hydrogen) atoms. The molecule has 1 aromatic carbocycles. The Morgan fingerprint density at radius 1 is 1.33 bits per heavy atom. The lowest BCUT2D eigenvalue weighted by Gasteiger charge is -2.11. The van der Waals surface area contributed by atoms with Gasteiger partial charge in [0.2, 0.25) is 0 Å². The number of aromatic nitrogens is 1. The maximum Gasteiger partial charge on any atom is 0.193 e. The highest BCUT2D eigenvalue weighted by atomic mass is 16.5. The van der Waals surface area contributed by atoms with Crippen molar-refractivity contribution in [3.05, 3.63) is 29.5 Å². The van der Waals surface area contributed by atoms with E-state index >= 15 is 0 Å². The van der Waals surface area contributed by atoms with Crippen molar-refractivity contribution in [2.24, 2.45) is 0 Å². The van der Waals surface area contributed by atoms with Gasteiger partial charge in [-0.2, -0.15) is 0 Å². The number of nitrogen functional groups attached to an aromatic ring is 1. The number of aryl methyl sites for hydroxylation is 1. The lowest BCUT2D eigenvalue weighted by Crippen LogP contribution is -1.94. The minimum Gasteiger partial charge on any atom is -0.496 e. The highest BCUT2D eigenvalue weighted by molar-refractivity contribution is 5.77. The second kappa shape index (κ2) is 4.72. The molecule has 1 aromatic heterocycles. The largest absolute Gasteiger partial charge is 0.496 e. The number of nitrogens with zero attached hydrogens (tertiary/aromatic N) is 1. The van der Waals surface area contributed by atoms with Crippen molar-refractivity contribution in [1.29, 1.82) is 0 Å². The molecule has 0 aliphatic heterocycles. The number of anilines is 1. The maximum absolute atomic E-state index is 5.97. The minimum atomic E-state index is 0.430. The van der Waals surface area contributed by atoms with E-state index in [1.807, 2.05) is 25.1 Å². The van der Waals surface area contributed by atoms with Gasteiger partial charge in [0, 0.05) is 0 Å². The number of nitrogens with two attached hydrogens (primary N) is 1. The maximum atomic E-state index is 5.97. The van der Waals surface area contributed by atoms with Gasteiger partial charge in [-0.3, -0.25) is 0 Å². The number of rotatable bonds is 3. The molecule has 0 amide bonds. The van der Waals surface area contributed by atoms with Crippen LogP contribution in [0.15, 0.2) is 22.7 Å². The van der Waals surface area contributed by atoms with Gasteiger partial charge in [0.15, 0.2) is 5.76 Å². The molecule has 2 N–H and O–H groups in total. The van der Waals surface area contributed by atoms with Crippen LogP contribution in [0.2, 0.25) is 0 Å². The van der Waals surface area contributed by atoms with Crippen LogP contribution < -0.4 is 10.5 Å². The molecule has 2 rings (SSSR count). The van der Waals surface area contributed by atoms with Gasteiger partial charge in [-0.25, -0.2) is 0 Å². The zero-order chi connectivity index (χ0) is 13.3. The Morgan fingerprint density at radius 3 is 2.56 bits per heavy atom. The number of hydrogen-bond donors (Lipinski definition) is 1. The molecular weight excluding hydrogens is 228 g/mol. The van der Waals surface area contributed by atoms with Crippen LogP contribution in [0, 0.1) is 6.92 Å². The van der Waals surface area contributed by atoms with Crippen molar-refractivity contribution in [3.63, 3.8) is 0 Å². The molecule has 0 unspecified atom stereocenters. The summed E-state index contributed by atoms with van der Waals surface area (Å²) in [5, 5.41) is 3.89. The van der Waals surface area contributed by atoms with E-state index in [-0.39, 0.29) is 0 Å². The first-order valence-electron chi connectivity index (χ1n) is 5.94. The standard InChI is InChI=1S/C14H18N2O2/c1-8(2)10-5-6-12(17-4)11(7-10)14-13(15)9(3)16-18-14/h5-8H,15H2,1-4H3. The Labute approximate surface area is 107 Å². The first-order chi connectivity index (χ1) is 8.54. The van der Waals surface area contributed by atoms with E-state index in [4.69, 9.17) is 15.0 Å². The van der Waals surface area contributed by atoms with E-state index in [2.05, 4.69) is 19.0 Å². The van der Waals surface area contributed by atoms with Crippen LogP contribution in [-0.2, 0) is 0 Å². The number of ether oxygens (including phenoxy) is 1. The Kier molecular flexibility index (Phi) is 3.28. The van der Waals surface area contributed by atoms with Gasteiger partial charge in [-0.15, -0.1) is 0 Å². The highest BCUT2D eigenvalue weighted by Crippen LogP contribution is 2.37. The summed E-state index contributed by atoms with van der Waals surface area (Å²) < 4.78 is 10.7. The smallest absolute Gasteiger partial charge is 0.193 e. The summed E-state index contributed by atoms with van der Waals surface area (Å²) in [4.78, 5) is 0. The van der Waals surface area contributed by atoms with E-state index in [9.17, 15) is 0 Å². The van der Waals surface area contributed by atoms with Gasteiger partial charge in [-0.05, 0) is 30.5 Å². The fraction of sp³-hybridized carbons (Fsp3) is 0.357. The molecule has 1 heterocycles. The SMILES string of the molecule is COc1ccc(C(C)C)cc1-c1onc(C)c1N. The summed E-state index contributed by atoms with van der Waals surface area (Å²) in [6, 6.07) is 6.02. The second-order valence-corrected chi connectivity index (χ2v) is 4.63. The van der Waals surface area contributed by atoms with Gasteiger partial charge in [0.05, 0.1) is 12.7 Å². The van der Waals surface area contributed by atoms with Crippen LogP contribution in [0.25, 0.3) is 11.3 Å². The summed E-state index contributed by atoms with van der Waals surface area (Å²) >= 11 is 0. The number of hydrogen-bond acceptors (Lipinski definition) is 4. The predicted molar refractivity (Wildman–Crippen MR) is 71.7 cm³/mol. The average molecular weight is 246 g/mol. The normalized spacial score (nSPS) is 10.9. The van der Waals surface area contributed by atoms with Gasteiger partial charge < -0.3 is 15.0 Å². The Hall–Kier alpha value is -1.97. The summed E-state index contributed by atoms with van der Waals surface area (Å²) in [6.07, 6.45) is 0. The first-order valence-corrected chi connectivity index (χ1v) is 5.94. The Balaban J connectivity index is 2.60. The fourth-order valence-electron chi connectivity index (χ4n) is 1.83. The third kappa shape index (κ3) is 2.06. The summed E-state index contributed by atoms with van der Waals surface area (Å²) in [6.45, 7) is 6.10. The first kappa shape index (κ1) is 12.5. The molecule has 0 aliphatic rings. The molecule has 4 nitrogen and oxygen atoms in total. The molecule has 96 valence electrons. The minimum absolute atomic E-state index is 0.430. The molecule has 0 fully saturated rings. The Morgan fingerprint density at radius 2 is 2.06 bits per heavy atom. The third-order valence-electron chi connectivity index (χ3n) is 3.04. The van der Waals surface area contributed by atoms with Crippen LogP contribution >= 0.6 is 0 Å². The lowest BCUT2D eigenvalue weighted by atomic mass is 9.99. The topological polar surface area (TPSA) is 61.3 Å². The van der Waals surface area contributed by atoms with Crippen molar-refractivity contribution in [2.45, 2.75) is 26.7 Å². The molecule has 0 aliphatic carbocycles. The second-order valence-electron chi connectivity index (χ2n) is 4.63. The quantitative estimate of drug-likeness (QED) is 0.902. The lowest BCUT2D eigenvalue weighted by molar-refractivity contribution is 0.404. The third-order valence-corrected chi connectivity index (χ3v) is 3.04. The van der Waals surface area contributed by atoms with Crippen molar-refractivity contribution < 1.29 is 9.26 Å². The van der Waals surface area contributed by atoms with Crippen molar-refractivity contribution in [2.75, 3.05) is 12.8 Å². The van der Waals surface area contributed by atoms with Gasteiger partial charge in [-0.1, -0.05) is 25.1 Å². The molecule has 0 radical (unpaired) electrons. The molecule has 0 saturated carbocycles.